The molecule has 0 saturated heterocycles. The molecular weight excluding hydrogens is 475 g/mol. The van der Waals surface area contributed by atoms with Crippen LogP contribution in [0, 0.1) is 6.92 Å². The number of carbonyl (C=O) groups excluding carboxylic acids is 2. The second-order valence-electron chi connectivity index (χ2n) is 8.05. The molecule has 1 atom stereocenters. The largest absolute Gasteiger partial charge is 0.455 e. The molecule has 0 radical (unpaired) electrons. The lowest BCUT2D eigenvalue weighted by atomic mass is 10.0. The van der Waals surface area contributed by atoms with Crippen LogP contribution in [0.5, 0.6) is 0 Å². The second-order valence-corrected chi connectivity index (χ2v) is 8.05. The topological polar surface area (TPSA) is 85.6 Å². The summed E-state index contributed by atoms with van der Waals surface area (Å²) in [6, 6.07) is 17.4. The molecule has 36 heavy (non-hydrogen) atoms. The fourth-order valence-corrected chi connectivity index (χ4v) is 3.63. The molecule has 0 saturated carbocycles. The zero-order valence-electron chi connectivity index (χ0n) is 19.2. The summed E-state index contributed by atoms with van der Waals surface area (Å²) in [6.07, 6.45) is -5.93. The third-order valence-electron chi connectivity index (χ3n) is 5.51. The number of fused-ring (bicyclic) bond motifs is 1. The lowest BCUT2D eigenvalue weighted by Gasteiger charge is -2.15. The molecule has 1 heterocycles. The summed E-state index contributed by atoms with van der Waals surface area (Å²) in [5.74, 6) is -1.47. The first-order chi connectivity index (χ1) is 17.1. The minimum Gasteiger partial charge on any atom is -0.455 e. The number of hydrogen-bond donors (Lipinski definition) is 1. The smallest absolute Gasteiger partial charge is 0.416 e. The van der Waals surface area contributed by atoms with Crippen LogP contribution < -0.4 is 10.7 Å². The van der Waals surface area contributed by atoms with Crippen molar-refractivity contribution >= 4 is 28.5 Å². The van der Waals surface area contributed by atoms with Crippen molar-refractivity contribution in [3.8, 4) is 11.3 Å². The highest BCUT2D eigenvalue weighted by Crippen LogP contribution is 2.31. The Labute approximate surface area is 203 Å². The fraction of sp³-hybridized carbons (Fsp3) is 0.148. The Morgan fingerprint density at radius 1 is 0.972 bits per heavy atom. The van der Waals surface area contributed by atoms with E-state index in [4.69, 9.17) is 9.15 Å². The molecule has 0 fully saturated rings. The van der Waals surface area contributed by atoms with Gasteiger partial charge >= 0.3 is 12.1 Å². The molecule has 9 heteroatoms. The van der Waals surface area contributed by atoms with E-state index in [-0.39, 0.29) is 27.6 Å². The summed E-state index contributed by atoms with van der Waals surface area (Å²) in [6.45, 7) is 2.90. The number of halogens is 3. The van der Waals surface area contributed by atoms with Gasteiger partial charge in [0.2, 0.25) is 0 Å². The van der Waals surface area contributed by atoms with E-state index in [1.54, 1.807) is 31.2 Å². The highest BCUT2D eigenvalue weighted by atomic mass is 19.4. The molecule has 6 nitrogen and oxygen atoms in total. The van der Waals surface area contributed by atoms with Crippen molar-refractivity contribution < 1.29 is 31.9 Å². The number of nitrogens with one attached hydrogen (secondary N) is 1. The van der Waals surface area contributed by atoms with Gasteiger partial charge in [-0.15, -0.1) is 0 Å². The van der Waals surface area contributed by atoms with Crippen LogP contribution in [-0.4, -0.2) is 18.0 Å². The molecule has 1 amide bonds. The second kappa shape index (κ2) is 9.69. The molecule has 4 rings (SSSR count). The van der Waals surface area contributed by atoms with E-state index in [0.717, 1.165) is 18.2 Å². The number of carbonyl (C=O) groups is 2. The first kappa shape index (κ1) is 24.7. The van der Waals surface area contributed by atoms with Crippen molar-refractivity contribution in [1.82, 2.24) is 0 Å². The van der Waals surface area contributed by atoms with E-state index < -0.39 is 29.7 Å². The van der Waals surface area contributed by atoms with Gasteiger partial charge in [0, 0.05) is 16.8 Å². The Balaban J connectivity index is 1.60. The van der Waals surface area contributed by atoms with E-state index in [2.05, 4.69) is 5.32 Å². The molecule has 0 aliphatic rings. The highest BCUT2D eigenvalue weighted by Gasteiger charge is 2.31. The zero-order valence-corrected chi connectivity index (χ0v) is 19.2. The molecule has 1 N–H and O–H groups in total. The summed E-state index contributed by atoms with van der Waals surface area (Å²) < 4.78 is 50.0. The molecule has 0 aliphatic heterocycles. The lowest BCUT2D eigenvalue weighted by molar-refractivity contribution is -0.137. The SMILES string of the molecule is Cc1c(-c2ccccc2)oc2c(C(=O)OC(C)C(=O)Nc3cccc(C(F)(F)F)c3)cccc2c1=O. The van der Waals surface area contributed by atoms with Crippen LogP contribution in [0.15, 0.2) is 82.0 Å². The summed E-state index contributed by atoms with van der Waals surface area (Å²) >= 11 is 0. The van der Waals surface area contributed by atoms with Crippen LogP contribution >= 0.6 is 0 Å². The van der Waals surface area contributed by atoms with Crippen LogP contribution in [0.1, 0.15) is 28.4 Å². The molecule has 4 aromatic rings. The van der Waals surface area contributed by atoms with Crippen molar-refractivity contribution in [3.05, 3.63) is 99.7 Å². The van der Waals surface area contributed by atoms with Crippen molar-refractivity contribution in [1.29, 1.82) is 0 Å². The molecule has 0 aliphatic carbocycles. The van der Waals surface area contributed by atoms with Gasteiger partial charge in [-0.2, -0.15) is 13.2 Å². The predicted octanol–water partition coefficient (Wildman–Crippen LogP) is 5.97. The average molecular weight is 495 g/mol. The van der Waals surface area contributed by atoms with Crippen molar-refractivity contribution in [3.63, 3.8) is 0 Å². The minimum atomic E-state index is -4.58. The summed E-state index contributed by atoms with van der Waals surface area (Å²) in [4.78, 5) is 38.4. The number of esters is 1. The van der Waals surface area contributed by atoms with Gasteiger partial charge < -0.3 is 14.5 Å². The summed E-state index contributed by atoms with van der Waals surface area (Å²) in [5, 5.41) is 2.47. The first-order valence-corrected chi connectivity index (χ1v) is 10.9. The van der Waals surface area contributed by atoms with E-state index in [1.807, 2.05) is 6.07 Å². The van der Waals surface area contributed by atoms with Crippen LogP contribution in [0.4, 0.5) is 18.9 Å². The quantitative estimate of drug-likeness (QED) is 0.345. The van der Waals surface area contributed by atoms with Gasteiger partial charge in [0.05, 0.1) is 10.9 Å². The Morgan fingerprint density at radius 3 is 2.36 bits per heavy atom. The van der Waals surface area contributed by atoms with E-state index >= 15 is 0 Å². The Kier molecular flexibility index (Phi) is 6.65. The zero-order chi connectivity index (χ0) is 26.0. The number of rotatable bonds is 5. The number of amides is 1. The van der Waals surface area contributed by atoms with Gasteiger partial charge in [-0.05, 0) is 44.2 Å². The standard InChI is InChI=1S/C27H20F3NO5/c1-15-22(32)20-12-7-13-21(24(20)36-23(15)17-8-4-3-5-9-17)26(34)35-16(2)25(33)31-19-11-6-10-18(14-19)27(28,29)30/h3-14,16H,1-2H3,(H,31,33). The Morgan fingerprint density at radius 2 is 1.67 bits per heavy atom. The Hall–Kier alpha value is -4.40. The number of para-hydroxylation sites is 1. The molecule has 3 aromatic carbocycles. The van der Waals surface area contributed by atoms with Gasteiger partial charge in [0.25, 0.3) is 5.91 Å². The number of alkyl halides is 3. The van der Waals surface area contributed by atoms with Gasteiger partial charge in [0.15, 0.2) is 17.1 Å². The highest BCUT2D eigenvalue weighted by molar-refractivity contribution is 6.04. The monoisotopic (exact) mass is 495 g/mol. The summed E-state index contributed by atoms with van der Waals surface area (Å²) in [7, 11) is 0. The predicted molar refractivity (Wildman–Crippen MR) is 128 cm³/mol. The average Bonchev–Trinajstić information content (AvgIpc) is 2.86. The maximum atomic E-state index is 13.0. The molecule has 1 aromatic heterocycles. The molecule has 0 bridgehead atoms. The van der Waals surface area contributed by atoms with Gasteiger partial charge in [0.1, 0.15) is 11.3 Å². The van der Waals surface area contributed by atoms with Crippen LogP contribution in [0.2, 0.25) is 0 Å². The maximum Gasteiger partial charge on any atom is 0.416 e. The number of hydrogen-bond acceptors (Lipinski definition) is 5. The van der Waals surface area contributed by atoms with Crippen LogP contribution in [0.3, 0.4) is 0 Å². The molecule has 0 spiro atoms. The van der Waals surface area contributed by atoms with E-state index in [1.165, 1.54) is 31.2 Å². The van der Waals surface area contributed by atoms with E-state index in [0.29, 0.717) is 16.9 Å². The van der Waals surface area contributed by atoms with Crippen LogP contribution in [0.25, 0.3) is 22.3 Å². The minimum absolute atomic E-state index is 0.00226. The number of ether oxygens (including phenoxy) is 1. The maximum absolute atomic E-state index is 13.0. The number of benzene rings is 3. The fourth-order valence-electron chi connectivity index (χ4n) is 3.63. The van der Waals surface area contributed by atoms with Gasteiger partial charge in [-0.3, -0.25) is 9.59 Å². The van der Waals surface area contributed by atoms with Crippen molar-refractivity contribution in [2.75, 3.05) is 5.32 Å². The Bertz CT molecular complexity index is 1510. The molecule has 184 valence electrons. The lowest BCUT2D eigenvalue weighted by Crippen LogP contribution is -2.30. The normalized spacial score (nSPS) is 12.2. The number of anilines is 1. The van der Waals surface area contributed by atoms with Crippen molar-refractivity contribution in [2.45, 2.75) is 26.1 Å². The third-order valence-corrected chi connectivity index (χ3v) is 5.51. The molecule has 1 unspecified atom stereocenters. The molecular formula is C27H20F3NO5. The van der Waals surface area contributed by atoms with Gasteiger partial charge in [-0.1, -0.05) is 42.5 Å². The van der Waals surface area contributed by atoms with Gasteiger partial charge in [-0.25, -0.2) is 4.79 Å². The van der Waals surface area contributed by atoms with Crippen LogP contribution in [-0.2, 0) is 15.7 Å². The van der Waals surface area contributed by atoms with Crippen molar-refractivity contribution in [2.24, 2.45) is 0 Å². The first-order valence-electron chi connectivity index (χ1n) is 10.9. The summed E-state index contributed by atoms with van der Waals surface area (Å²) in [5.41, 5.74) is -0.404. The third kappa shape index (κ3) is 5.00. The van der Waals surface area contributed by atoms with E-state index in [9.17, 15) is 27.6 Å².